The lowest BCUT2D eigenvalue weighted by atomic mass is 9.77. The molecule has 5 aromatic rings. The summed E-state index contributed by atoms with van der Waals surface area (Å²) in [4.78, 5) is 31.6. The molecule has 1 fully saturated rings. The molecule has 0 radical (unpaired) electrons. The Morgan fingerprint density at radius 3 is 1.60 bits per heavy atom. The van der Waals surface area contributed by atoms with Crippen LogP contribution in [-0.4, -0.2) is 11.6 Å². The molecule has 5 aromatic carbocycles. The summed E-state index contributed by atoms with van der Waals surface area (Å²) in [5.74, 6) is 1.45. The summed E-state index contributed by atoms with van der Waals surface area (Å²) in [5, 5.41) is 0. The normalized spacial score (nSPS) is 17.2. The molecule has 0 N–H and O–H groups in total. The number of aryl methyl sites for hydroxylation is 1. The van der Waals surface area contributed by atoms with Gasteiger partial charge in [-0.3, -0.25) is 9.59 Å². The number of rotatable bonds is 10. The monoisotopic (exact) mass is 666 g/mol. The number of fused-ring (bicyclic) bond motifs is 2. The fourth-order valence-corrected chi connectivity index (χ4v) is 9.29. The molecule has 0 heterocycles. The lowest BCUT2D eigenvalue weighted by Crippen LogP contribution is -2.22. The predicted octanol–water partition coefficient (Wildman–Crippen LogP) is 12.6. The van der Waals surface area contributed by atoms with E-state index in [9.17, 15) is 9.59 Å². The zero-order valence-electron chi connectivity index (χ0n) is 27.8. The van der Waals surface area contributed by atoms with Crippen molar-refractivity contribution in [1.82, 2.24) is 0 Å². The number of benzene rings is 5. The molecule has 7 rings (SSSR count). The number of carbonyl (C=O) groups is 2. The molecule has 1 saturated carbocycles. The van der Waals surface area contributed by atoms with Crippen LogP contribution in [0.15, 0.2) is 129 Å². The van der Waals surface area contributed by atoms with Gasteiger partial charge in [-0.2, -0.15) is 0 Å². The van der Waals surface area contributed by atoms with Gasteiger partial charge in [-0.15, -0.1) is 0 Å². The highest BCUT2D eigenvalue weighted by molar-refractivity contribution is 7.99. The van der Waals surface area contributed by atoms with Crippen LogP contribution in [0.25, 0.3) is 11.1 Å². The molecular weight excluding hydrogens is 625 g/mol. The van der Waals surface area contributed by atoms with Gasteiger partial charge >= 0.3 is 0 Å². The summed E-state index contributed by atoms with van der Waals surface area (Å²) in [7, 11) is 0. The predicted molar refractivity (Wildman–Crippen MR) is 200 cm³/mol. The highest BCUT2D eigenvalue weighted by Crippen LogP contribution is 2.42. The van der Waals surface area contributed by atoms with E-state index < -0.39 is 0 Å². The maximum atomic E-state index is 14.0. The van der Waals surface area contributed by atoms with Crippen molar-refractivity contribution in [3.05, 3.63) is 143 Å². The Bertz CT molecular complexity index is 1920. The molecule has 2 aliphatic rings. The maximum Gasteiger partial charge on any atom is 0.195 e. The molecule has 0 unspecified atom stereocenters. The first-order valence-corrected chi connectivity index (χ1v) is 19.1. The molecule has 0 aromatic heterocycles. The number of hydrogen-bond acceptors (Lipinski definition) is 4. The fraction of sp³-hybridized carbons (Fsp3) is 0.273. The van der Waals surface area contributed by atoms with Crippen LogP contribution < -0.4 is 0 Å². The van der Waals surface area contributed by atoms with Gasteiger partial charge in [0.2, 0.25) is 0 Å². The second-order valence-corrected chi connectivity index (χ2v) is 15.6. The second-order valence-electron chi connectivity index (χ2n) is 13.4. The van der Waals surface area contributed by atoms with E-state index in [1.807, 2.05) is 24.3 Å². The molecule has 2 aliphatic carbocycles. The van der Waals surface area contributed by atoms with Crippen molar-refractivity contribution in [1.29, 1.82) is 0 Å². The van der Waals surface area contributed by atoms with E-state index in [1.54, 1.807) is 23.9 Å². The van der Waals surface area contributed by atoms with Crippen LogP contribution in [0, 0.1) is 12.8 Å². The third-order valence-electron chi connectivity index (χ3n) is 10.1. The van der Waals surface area contributed by atoms with E-state index in [4.69, 9.17) is 0 Å². The molecule has 0 aliphatic heterocycles. The van der Waals surface area contributed by atoms with Gasteiger partial charge in [0.15, 0.2) is 11.6 Å². The maximum absolute atomic E-state index is 14.0. The fourth-order valence-electron chi connectivity index (χ4n) is 7.34. The van der Waals surface area contributed by atoms with Crippen molar-refractivity contribution < 1.29 is 9.59 Å². The van der Waals surface area contributed by atoms with Crippen molar-refractivity contribution in [3.8, 4) is 11.1 Å². The molecule has 0 bridgehead atoms. The smallest absolute Gasteiger partial charge is 0.195 e. The van der Waals surface area contributed by atoms with Crippen LogP contribution in [0.1, 0.15) is 107 Å². The lowest BCUT2D eigenvalue weighted by Gasteiger charge is -2.29. The Morgan fingerprint density at radius 1 is 0.583 bits per heavy atom. The summed E-state index contributed by atoms with van der Waals surface area (Å²) in [5.41, 5.74) is 7.04. The Labute approximate surface area is 293 Å². The van der Waals surface area contributed by atoms with Gasteiger partial charge < -0.3 is 0 Å². The van der Waals surface area contributed by atoms with Crippen LogP contribution in [0.2, 0.25) is 0 Å². The third kappa shape index (κ3) is 6.97. The van der Waals surface area contributed by atoms with Crippen molar-refractivity contribution in [2.24, 2.45) is 5.92 Å². The molecule has 48 heavy (non-hydrogen) atoms. The van der Waals surface area contributed by atoms with E-state index in [1.165, 1.54) is 85.4 Å². The van der Waals surface area contributed by atoms with Crippen molar-refractivity contribution in [2.45, 2.75) is 90.7 Å². The molecule has 0 amide bonds. The Morgan fingerprint density at radius 2 is 1.08 bits per heavy atom. The standard InChI is InChI=1S/C44H42O2S2/c1-3-4-5-8-30-15-17-31(18-16-30)32-19-21-33(22-20-32)34-23-27-36(28-24-34)48-40-12-7-10-38-42(40)44(46)37-9-6-11-39(41(37)43(38)45)47-35-25-13-29(2)14-26-35/h6-7,9-14,19-28,30-31H,3-5,8,15-18H2,1-2H3. The number of hydrogen-bond donors (Lipinski definition) is 0. The first-order chi connectivity index (χ1) is 23.5. The average Bonchev–Trinajstić information content (AvgIpc) is 3.12. The van der Waals surface area contributed by atoms with Gasteiger partial charge in [0, 0.05) is 41.8 Å². The minimum atomic E-state index is -0.0873. The molecule has 2 nitrogen and oxygen atoms in total. The van der Waals surface area contributed by atoms with E-state index in [2.05, 4.69) is 86.6 Å². The minimum absolute atomic E-state index is 0.0870. The van der Waals surface area contributed by atoms with Crippen LogP contribution in [0.3, 0.4) is 0 Å². The van der Waals surface area contributed by atoms with Crippen LogP contribution in [0.4, 0.5) is 0 Å². The molecule has 0 saturated heterocycles. The molecule has 0 atom stereocenters. The highest BCUT2D eigenvalue weighted by atomic mass is 32.2. The largest absolute Gasteiger partial charge is 0.289 e. The van der Waals surface area contributed by atoms with Crippen LogP contribution >= 0.6 is 23.5 Å². The van der Waals surface area contributed by atoms with Gasteiger partial charge in [0.1, 0.15) is 0 Å². The Kier molecular flexibility index (Phi) is 10.0. The lowest BCUT2D eigenvalue weighted by molar-refractivity contribution is 0.0974. The molecule has 4 heteroatoms. The van der Waals surface area contributed by atoms with Crippen molar-refractivity contribution in [2.75, 3.05) is 0 Å². The third-order valence-corrected chi connectivity index (χ3v) is 12.2. The summed E-state index contributed by atoms with van der Waals surface area (Å²) < 4.78 is 0. The Hall–Kier alpha value is -3.86. The summed E-state index contributed by atoms with van der Waals surface area (Å²) >= 11 is 3.07. The molecule has 242 valence electrons. The highest BCUT2D eigenvalue weighted by Gasteiger charge is 2.34. The van der Waals surface area contributed by atoms with E-state index >= 15 is 0 Å². The van der Waals surface area contributed by atoms with Gasteiger partial charge in [0.05, 0.1) is 0 Å². The van der Waals surface area contributed by atoms with Gasteiger partial charge in [-0.1, -0.05) is 134 Å². The van der Waals surface area contributed by atoms with E-state index in [0.717, 1.165) is 25.5 Å². The zero-order chi connectivity index (χ0) is 33.0. The minimum Gasteiger partial charge on any atom is -0.289 e. The molecule has 0 spiro atoms. The van der Waals surface area contributed by atoms with E-state index in [0.29, 0.717) is 28.2 Å². The molecular formula is C44H42O2S2. The SMILES string of the molecule is CCCCCC1CCC(c2ccc(-c3ccc(Sc4cccc5c4C(=O)c4cccc(Sc6ccc(C)cc6)c4C5=O)cc3)cc2)CC1. The Balaban J connectivity index is 1.04. The average molecular weight is 667 g/mol. The topological polar surface area (TPSA) is 34.1 Å². The van der Waals surface area contributed by atoms with Crippen molar-refractivity contribution in [3.63, 3.8) is 0 Å². The zero-order valence-corrected chi connectivity index (χ0v) is 29.5. The number of carbonyl (C=O) groups excluding carboxylic acids is 2. The number of unbranched alkanes of at least 4 members (excludes halogenated alkanes) is 2. The first kappa shape index (κ1) is 32.7. The van der Waals surface area contributed by atoms with Gasteiger partial charge in [-0.05, 0) is 97.5 Å². The summed E-state index contributed by atoms with van der Waals surface area (Å²) in [6.45, 7) is 4.35. The van der Waals surface area contributed by atoms with Gasteiger partial charge in [-0.25, -0.2) is 0 Å². The van der Waals surface area contributed by atoms with Crippen LogP contribution in [0.5, 0.6) is 0 Å². The van der Waals surface area contributed by atoms with Gasteiger partial charge in [0.25, 0.3) is 0 Å². The summed E-state index contributed by atoms with van der Waals surface area (Å²) in [6.07, 6.45) is 10.9. The quantitative estimate of drug-likeness (QED) is 0.136. The van der Waals surface area contributed by atoms with Crippen LogP contribution in [-0.2, 0) is 0 Å². The summed E-state index contributed by atoms with van der Waals surface area (Å²) in [6, 6.07) is 37.2. The first-order valence-electron chi connectivity index (χ1n) is 17.5. The number of ketones is 2. The second kappa shape index (κ2) is 14.7. The van der Waals surface area contributed by atoms with E-state index in [-0.39, 0.29) is 11.6 Å². The van der Waals surface area contributed by atoms with Crippen molar-refractivity contribution >= 4 is 35.1 Å².